The molecule has 0 heterocycles. The number of hydrogen-bond donors (Lipinski definition) is 3. The zero-order valence-electron chi connectivity index (χ0n) is 20.5. The van der Waals surface area contributed by atoms with Crippen LogP contribution in [0.25, 0.3) is 4.85 Å². The van der Waals surface area contributed by atoms with Crippen molar-refractivity contribution in [3.8, 4) is 5.75 Å². The summed E-state index contributed by atoms with van der Waals surface area (Å²) in [6.45, 7) is 4.42. The van der Waals surface area contributed by atoms with Crippen LogP contribution in [0, 0.1) is 12.4 Å². The number of nitrogens with zero attached hydrogens (tertiary/aromatic N) is 2. The molecule has 1 amide bonds. The van der Waals surface area contributed by atoms with Crippen molar-refractivity contribution in [1.29, 1.82) is 0 Å². The van der Waals surface area contributed by atoms with Gasteiger partial charge in [-0.05, 0) is 49.3 Å². The largest absolute Gasteiger partial charge is 0.431 e. The topological polar surface area (TPSA) is 84.0 Å². The van der Waals surface area contributed by atoms with Gasteiger partial charge < -0.3 is 26.0 Å². The Kier molecular flexibility index (Phi) is 9.35. The highest BCUT2D eigenvalue weighted by Gasteiger charge is 2.26. The fourth-order valence-corrected chi connectivity index (χ4v) is 3.85. The molecule has 0 radical (unpaired) electrons. The molecular weight excluding hydrogens is 483 g/mol. The minimum absolute atomic E-state index is 0.0107. The molecule has 10 heteroatoms. The maximum atomic E-state index is 14.4. The third-order valence-electron chi connectivity index (χ3n) is 5.64. The van der Waals surface area contributed by atoms with E-state index < -0.39 is 30.1 Å². The first-order chi connectivity index (χ1) is 17.7. The lowest BCUT2D eigenvalue weighted by molar-refractivity contribution is -0.131. The molecule has 3 aromatic carbocycles. The van der Waals surface area contributed by atoms with E-state index in [0.29, 0.717) is 16.9 Å². The maximum absolute atomic E-state index is 14.4. The van der Waals surface area contributed by atoms with Gasteiger partial charge in [0.1, 0.15) is 6.04 Å². The Balaban J connectivity index is 1.94. The van der Waals surface area contributed by atoms with Gasteiger partial charge in [-0.1, -0.05) is 36.4 Å². The van der Waals surface area contributed by atoms with Crippen molar-refractivity contribution >= 4 is 23.0 Å². The molecule has 0 spiro atoms. The van der Waals surface area contributed by atoms with E-state index in [1.54, 1.807) is 24.3 Å². The van der Waals surface area contributed by atoms with Crippen LogP contribution in [0.1, 0.15) is 22.7 Å². The summed E-state index contributed by atoms with van der Waals surface area (Å²) in [5.41, 5.74) is 8.51. The van der Waals surface area contributed by atoms with Crippen LogP contribution in [0.3, 0.4) is 0 Å². The van der Waals surface area contributed by atoms with Gasteiger partial charge in [-0.3, -0.25) is 4.79 Å². The summed E-state index contributed by atoms with van der Waals surface area (Å²) >= 11 is 0. The average Bonchev–Trinajstić information content (AvgIpc) is 2.88. The number of likely N-dealkylation sites (N-methyl/N-ethyl adjacent to an activating group) is 2. The monoisotopic (exact) mass is 511 g/mol. The minimum Gasteiger partial charge on any atom is -0.431 e. The Morgan fingerprint density at radius 2 is 1.89 bits per heavy atom. The zero-order valence-corrected chi connectivity index (χ0v) is 20.5. The van der Waals surface area contributed by atoms with Gasteiger partial charge in [-0.15, -0.1) is 0 Å². The molecule has 1 atom stereocenters. The number of alkyl halides is 2. The van der Waals surface area contributed by atoms with E-state index in [1.807, 2.05) is 31.3 Å². The summed E-state index contributed by atoms with van der Waals surface area (Å²) in [6.07, 6.45) is 0.748. The Morgan fingerprint density at radius 3 is 2.54 bits per heavy atom. The van der Waals surface area contributed by atoms with Gasteiger partial charge in [0.05, 0.1) is 6.57 Å². The quantitative estimate of drug-likeness (QED) is 0.246. The fourth-order valence-electron chi connectivity index (χ4n) is 3.85. The normalized spacial score (nSPS) is 11.6. The number of halogens is 3. The van der Waals surface area contributed by atoms with Crippen molar-refractivity contribution in [2.24, 2.45) is 0 Å². The number of nitrogen functional groups attached to an aromatic ring is 1. The number of rotatable bonds is 11. The molecule has 0 saturated heterocycles. The third kappa shape index (κ3) is 7.38. The second-order valence-corrected chi connectivity index (χ2v) is 8.40. The summed E-state index contributed by atoms with van der Waals surface area (Å²) in [5, 5.41) is 6.30. The van der Waals surface area contributed by atoms with E-state index in [2.05, 4.69) is 20.2 Å². The predicted octanol–water partition coefficient (Wildman–Crippen LogP) is 5.13. The van der Waals surface area contributed by atoms with Crippen LogP contribution in [0.2, 0.25) is 0 Å². The number of nitrogens with two attached hydrogens (primary N) is 1. The number of carbonyl (C=O) groups is 1. The SMILES string of the molecule is [C-]#[N+]c1ccc(NC(C(=O)N(C)Cc2cc(N)cc(F)c2OC(F)F)c2cccc(CCNC)c2)cc1. The molecule has 0 bridgehead atoms. The van der Waals surface area contributed by atoms with Crippen molar-refractivity contribution in [3.63, 3.8) is 0 Å². The van der Waals surface area contributed by atoms with Gasteiger partial charge in [-0.2, -0.15) is 8.78 Å². The van der Waals surface area contributed by atoms with Gasteiger partial charge in [0.2, 0.25) is 5.91 Å². The summed E-state index contributed by atoms with van der Waals surface area (Å²) in [7, 11) is 3.34. The molecule has 0 fully saturated rings. The first-order valence-corrected chi connectivity index (χ1v) is 11.5. The molecule has 0 saturated carbocycles. The summed E-state index contributed by atoms with van der Waals surface area (Å²) in [6, 6.07) is 15.5. The lowest BCUT2D eigenvalue weighted by atomic mass is 10.0. The van der Waals surface area contributed by atoms with Gasteiger partial charge >= 0.3 is 6.61 Å². The van der Waals surface area contributed by atoms with Crippen molar-refractivity contribution in [2.45, 2.75) is 25.6 Å². The lowest BCUT2D eigenvalue weighted by Crippen LogP contribution is -2.35. The Bertz CT molecular complexity index is 1260. The van der Waals surface area contributed by atoms with E-state index in [0.717, 1.165) is 24.6 Å². The van der Waals surface area contributed by atoms with Crippen LogP contribution >= 0.6 is 0 Å². The second-order valence-electron chi connectivity index (χ2n) is 8.40. The highest BCUT2D eigenvalue weighted by molar-refractivity contribution is 5.86. The van der Waals surface area contributed by atoms with Crippen molar-refractivity contribution in [2.75, 3.05) is 31.7 Å². The number of amides is 1. The Labute approximate surface area is 213 Å². The number of carbonyl (C=O) groups excluding carboxylic acids is 1. The number of hydrogen-bond acceptors (Lipinski definition) is 5. The van der Waals surface area contributed by atoms with Gasteiger partial charge in [0.15, 0.2) is 17.3 Å². The fraction of sp³-hybridized carbons (Fsp3) is 0.259. The smallest absolute Gasteiger partial charge is 0.387 e. The van der Waals surface area contributed by atoms with Crippen molar-refractivity contribution in [1.82, 2.24) is 10.2 Å². The van der Waals surface area contributed by atoms with Crippen LogP contribution in [0.15, 0.2) is 60.7 Å². The third-order valence-corrected chi connectivity index (χ3v) is 5.64. The zero-order chi connectivity index (χ0) is 26.9. The molecule has 0 aliphatic carbocycles. The number of nitrogens with one attached hydrogen (secondary N) is 2. The van der Waals surface area contributed by atoms with E-state index in [-0.39, 0.29) is 17.8 Å². The van der Waals surface area contributed by atoms with Crippen LogP contribution in [0.5, 0.6) is 5.75 Å². The van der Waals surface area contributed by atoms with Gasteiger partial charge in [-0.25, -0.2) is 9.24 Å². The van der Waals surface area contributed by atoms with Crippen LogP contribution in [-0.2, 0) is 17.8 Å². The average molecular weight is 512 g/mol. The molecule has 3 aromatic rings. The van der Waals surface area contributed by atoms with Crippen molar-refractivity contribution < 1.29 is 22.7 Å². The number of ether oxygens (including phenoxy) is 1. The summed E-state index contributed by atoms with van der Waals surface area (Å²) < 4.78 is 44.6. The van der Waals surface area contributed by atoms with Crippen molar-refractivity contribution in [3.05, 3.63) is 94.6 Å². The number of benzene rings is 3. The lowest BCUT2D eigenvalue weighted by Gasteiger charge is -2.27. The molecule has 1 unspecified atom stereocenters. The van der Waals surface area contributed by atoms with E-state index in [4.69, 9.17) is 12.3 Å². The maximum Gasteiger partial charge on any atom is 0.387 e. The molecule has 7 nitrogen and oxygen atoms in total. The molecule has 37 heavy (non-hydrogen) atoms. The highest BCUT2D eigenvalue weighted by atomic mass is 19.3. The van der Waals surface area contributed by atoms with E-state index in [9.17, 15) is 18.0 Å². The first-order valence-electron chi connectivity index (χ1n) is 11.5. The molecule has 4 N–H and O–H groups in total. The molecule has 194 valence electrons. The van der Waals surface area contributed by atoms with Crippen LogP contribution in [-0.4, -0.2) is 38.1 Å². The summed E-state index contributed by atoms with van der Waals surface area (Å²) in [4.78, 5) is 18.4. The number of anilines is 2. The minimum atomic E-state index is -3.24. The Hall–Kier alpha value is -4.23. The molecule has 3 rings (SSSR count). The van der Waals surface area contributed by atoms with Gasteiger partial charge in [0, 0.05) is 36.6 Å². The predicted molar refractivity (Wildman–Crippen MR) is 137 cm³/mol. The highest BCUT2D eigenvalue weighted by Crippen LogP contribution is 2.30. The second kappa shape index (κ2) is 12.6. The van der Waals surface area contributed by atoms with Crippen LogP contribution in [0.4, 0.5) is 30.2 Å². The molecular formula is C27H28F3N5O2. The first kappa shape index (κ1) is 27.4. The Morgan fingerprint density at radius 1 is 1.16 bits per heavy atom. The molecule has 0 aliphatic rings. The van der Waals surface area contributed by atoms with Gasteiger partial charge in [0.25, 0.3) is 0 Å². The van der Waals surface area contributed by atoms with Crippen LogP contribution < -0.4 is 21.1 Å². The summed E-state index contributed by atoms with van der Waals surface area (Å²) in [5.74, 6) is -2.09. The van der Waals surface area contributed by atoms with E-state index >= 15 is 0 Å². The molecule has 0 aliphatic heterocycles. The van der Waals surface area contributed by atoms with E-state index in [1.165, 1.54) is 18.0 Å². The molecule has 0 aromatic heterocycles. The standard InChI is InChI=1S/C27H28F3N5O2/c1-32-12-11-17-5-4-6-18(13-17)24(34-22-9-7-21(33-2)8-10-22)26(36)35(3)16-19-14-20(31)15-23(28)25(19)37-27(29)30/h4-10,13-15,24,27,32,34H,11-12,16,31H2,1,3H3.